The van der Waals surface area contributed by atoms with Gasteiger partial charge in [-0.05, 0) is 32.4 Å². The van der Waals surface area contributed by atoms with Crippen LogP contribution in [0, 0.1) is 6.92 Å². The standard InChI is InChI=1S/C14H18N2O3/c1-4-19-12(17)8-16-10(3)13-9(2)6-5-7-11(13)15-14(16)18/h5-7,10H,4,8H2,1-3H3,(H,15,18). The number of carbonyl (C=O) groups excluding carboxylic acids is 2. The van der Waals surface area contributed by atoms with Crippen molar-refractivity contribution in [1.82, 2.24) is 4.90 Å². The van der Waals surface area contributed by atoms with Crippen LogP contribution in [-0.2, 0) is 9.53 Å². The highest BCUT2D eigenvalue weighted by molar-refractivity contribution is 5.95. The van der Waals surface area contributed by atoms with Crippen LogP contribution in [0.3, 0.4) is 0 Å². The molecule has 1 aromatic carbocycles. The van der Waals surface area contributed by atoms with Crippen molar-refractivity contribution in [3.63, 3.8) is 0 Å². The number of nitrogens with one attached hydrogen (secondary N) is 1. The van der Waals surface area contributed by atoms with Gasteiger partial charge in [-0.15, -0.1) is 0 Å². The minimum absolute atomic E-state index is 0.0331. The lowest BCUT2D eigenvalue weighted by Crippen LogP contribution is -2.44. The Hall–Kier alpha value is -2.04. The van der Waals surface area contributed by atoms with Gasteiger partial charge in [0.15, 0.2) is 0 Å². The fourth-order valence-electron chi connectivity index (χ4n) is 2.42. The molecule has 0 fully saturated rings. The van der Waals surface area contributed by atoms with Crippen LogP contribution in [0.4, 0.5) is 10.5 Å². The Bertz CT molecular complexity index is 513. The summed E-state index contributed by atoms with van der Waals surface area (Å²) in [5.74, 6) is -0.387. The number of aryl methyl sites for hydroxylation is 1. The van der Waals surface area contributed by atoms with Gasteiger partial charge in [0.25, 0.3) is 0 Å². The van der Waals surface area contributed by atoms with Gasteiger partial charge in [-0.3, -0.25) is 4.79 Å². The van der Waals surface area contributed by atoms with Crippen LogP contribution in [0.2, 0.25) is 0 Å². The normalized spacial score (nSPS) is 17.7. The van der Waals surface area contributed by atoms with Crippen molar-refractivity contribution in [2.45, 2.75) is 26.8 Å². The van der Waals surface area contributed by atoms with Gasteiger partial charge >= 0.3 is 12.0 Å². The summed E-state index contributed by atoms with van der Waals surface area (Å²) in [6.45, 7) is 5.95. The van der Waals surface area contributed by atoms with Crippen molar-refractivity contribution in [2.24, 2.45) is 0 Å². The molecule has 0 saturated heterocycles. The van der Waals surface area contributed by atoms with Gasteiger partial charge in [0.1, 0.15) is 6.54 Å². The quantitative estimate of drug-likeness (QED) is 0.851. The second-order valence-electron chi connectivity index (χ2n) is 4.58. The molecule has 1 atom stereocenters. The highest BCUT2D eigenvalue weighted by atomic mass is 16.5. The molecule has 102 valence electrons. The molecule has 19 heavy (non-hydrogen) atoms. The first kappa shape index (κ1) is 13.4. The molecule has 0 aliphatic carbocycles. The lowest BCUT2D eigenvalue weighted by molar-refractivity contribution is -0.144. The van der Waals surface area contributed by atoms with Gasteiger partial charge in [0.05, 0.1) is 12.6 Å². The zero-order valence-electron chi connectivity index (χ0n) is 11.4. The number of anilines is 1. The average molecular weight is 262 g/mol. The van der Waals surface area contributed by atoms with E-state index < -0.39 is 0 Å². The summed E-state index contributed by atoms with van der Waals surface area (Å²) < 4.78 is 4.90. The largest absolute Gasteiger partial charge is 0.465 e. The smallest absolute Gasteiger partial charge is 0.325 e. The van der Waals surface area contributed by atoms with E-state index >= 15 is 0 Å². The first-order valence-corrected chi connectivity index (χ1v) is 6.37. The Morgan fingerprint density at radius 2 is 2.21 bits per heavy atom. The van der Waals surface area contributed by atoms with E-state index in [4.69, 9.17) is 4.74 Å². The number of hydrogen-bond donors (Lipinski definition) is 1. The SMILES string of the molecule is CCOC(=O)CN1C(=O)Nc2cccc(C)c2C1C. The van der Waals surface area contributed by atoms with E-state index in [1.165, 1.54) is 4.90 Å². The summed E-state index contributed by atoms with van der Waals surface area (Å²) in [7, 11) is 0. The number of amides is 2. The number of carbonyl (C=O) groups is 2. The summed E-state index contributed by atoms with van der Waals surface area (Å²) >= 11 is 0. The van der Waals surface area contributed by atoms with E-state index in [-0.39, 0.29) is 24.6 Å². The molecule has 1 aliphatic heterocycles. The summed E-state index contributed by atoms with van der Waals surface area (Å²) in [4.78, 5) is 25.1. The fraction of sp³-hybridized carbons (Fsp3) is 0.429. The van der Waals surface area contributed by atoms with Crippen molar-refractivity contribution >= 4 is 17.7 Å². The van der Waals surface area contributed by atoms with Gasteiger partial charge in [0.2, 0.25) is 0 Å². The number of rotatable bonds is 3. The van der Waals surface area contributed by atoms with Crippen molar-refractivity contribution < 1.29 is 14.3 Å². The van der Waals surface area contributed by atoms with E-state index in [9.17, 15) is 9.59 Å². The minimum atomic E-state index is -0.387. The highest BCUT2D eigenvalue weighted by Gasteiger charge is 2.31. The number of esters is 1. The first-order chi connectivity index (χ1) is 9.04. The molecule has 1 aliphatic rings. The number of urea groups is 1. The molecular formula is C14H18N2O3. The summed E-state index contributed by atoms with van der Waals surface area (Å²) in [5.41, 5.74) is 2.96. The third kappa shape index (κ3) is 2.54. The summed E-state index contributed by atoms with van der Waals surface area (Å²) in [5, 5.41) is 2.81. The maximum absolute atomic E-state index is 12.0. The Labute approximate surface area is 112 Å². The molecule has 1 unspecified atom stereocenters. The Morgan fingerprint density at radius 1 is 1.47 bits per heavy atom. The van der Waals surface area contributed by atoms with Crippen LogP contribution in [0.25, 0.3) is 0 Å². The van der Waals surface area contributed by atoms with Crippen LogP contribution >= 0.6 is 0 Å². The van der Waals surface area contributed by atoms with Gasteiger partial charge in [-0.2, -0.15) is 0 Å². The number of benzene rings is 1. The zero-order valence-corrected chi connectivity index (χ0v) is 11.4. The van der Waals surface area contributed by atoms with Gasteiger partial charge in [-0.25, -0.2) is 4.79 Å². The van der Waals surface area contributed by atoms with E-state index in [1.807, 2.05) is 32.0 Å². The second-order valence-corrected chi connectivity index (χ2v) is 4.58. The Morgan fingerprint density at radius 3 is 2.89 bits per heavy atom. The Balaban J connectivity index is 2.26. The number of hydrogen-bond acceptors (Lipinski definition) is 3. The van der Waals surface area contributed by atoms with E-state index in [2.05, 4.69) is 5.32 Å². The molecular weight excluding hydrogens is 244 g/mol. The number of ether oxygens (including phenoxy) is 1. The van der Waals surface area contributed by atoms with Gasteiger partial charge in [-0.1, -0.05) is 12.1 Å². The maximum atomic E-state index is 12.0. The number of nitrogens with zero attached hydrogens (tertiary/aromatic N) is 1. The third-order valence-corrected chi connectivity index (χ3v) is 3.32. The molecule has 5 nitrogen and oxygen atoms in total. The van der Waals surface area contributed by atoms with Crippen LogP contribution < -0.4 is 5.32 Å². The van der Waals surface area contributed by atoms with Crippen LogP contribution in [0.5, 0.6) is 0 Å². The predicted molar refractivity (Wildman–Crippen MR) is 72.0 cm³/mol. The fourth-order valence-corrected chi connectivity index (χ4v) is 2.42. The molecule has 0 bridgehead atoms. The van der Waals surface area contributed by atoms with Crippen LogP contribution in [-0.4, -0.2) is 30.1 Å². The lowest BCUT2D eigenvalue weighted by atomic mass is 9.97. The molecule has 0 saturated carbocycles. The summed E-state index contributed by atoms with van der Waals surface area (Å²) in [6, 6.07) is 5.36. The molecule has 2 amide bonds. The zero-order chi connectivity index (χ0) is 14.0. The Kier molecular flexibility index (Phi) is 3.74. The van der Waals surface area contributed by atoms with Crippen molar-refractivity contribution in [3.8, 4) is 0 Å². The molecule has 0 spiro atoms. The molecule has 2 rings (SSSR count). The van der Waals surface area contributed by atoms with Crippen molar-refractivity contribution in [1.29, 1.82) is 0 Å². The number of fused-ring (bicyclic) bond motifs is 1. The second kappa shape index (κ2) is 5.30. The summed E-state index contributed by atoms with van der Waals surface area (Å²) in [6.07, 6.45) is 0. The maximum Gasteiger partial charge on any atom is 0.325 e. The highest BCUT2D eigenvalue weighted by Crippen LogP contribution is 2.34. The molecule has 1 heterocycles. The monoisotopic (exact) mass is 262 g/mol. The van der Waals surface area contributed by atoms with Crippen molar-refractivity contribution in [2.75, 3.05) is 18.5 Å². The van der Waals surface area contributed by atoms with E-state index in [1.54, 1.807) is 6.92 Å². The molecule has 1 aromatic rings. The average Bonchev–Trinajstić information content (AvgIpc) is 2.34. The van der Waals surface area contributed by atoms with E-state index in [0.717, 1.165) is 16.8 Å². The first-order valence-electron chi connectivity index (χ1n) is 6.37. The minimum Gasteiger partial charge on any atom is -0.465 e. The van der Waals surface area contributed by atoms with Crippen molar-refractivity contribution in [3.05, 3.63) is 29.3 Å². The van der Waals surface area contributed by atoms with Crippen LogP contribution in [0.1, 0.15) is 31.0 Å². The van der Waals surface area contributed by atoms with Crippen LogP contribution in [0.15, 0.2) is 18.2 Å². The molecule has 1 N–H and O–H groups in total. The topological polar surface area (TPSA) is 58.6 Å². The predicted octanol–water partition coefficient (Wildman–Crippen LogP) is 2.47. The molecule has 0 radical (unpaired) electrons. The molecule has 0 aromatic heterocycles. The van der Waals surface area contributed by atoms with Gasteiger partial charge in [0, 0.05) is 11.3 Å². The molecule has 5 heteroatoms. The lowest BCUT2D eigenvalue weighted by Gasteiger charge is -2.35. The third-order valence-electron chi connectivity index (χ3n) is 3.32. The van der Waals surface area contributed by atoms with Gasteiger partial charge < -0.3 is 15.0 Å². The van der Waals surface area contributed by atoms with E-state index in [0.29, 0.717) is 6.61 Å².